The van der Waals surface area contributed by atoms with Gasteiger partial charge in [0.1, 0.15) is 5.69 Å². The van der Waals surface area contributed by atoms with E-state index in [0.717, 1.165) is 41.3 Å². The molecule has 0 bridgehead atoms. The summed E-state index contributed by atoms with van der Waals surface area (Å²) < 4.78 is 2.09. The summed E-state index contributed by atoms with van der Waals surface area (Å²) in [5, 5.41) is 19.6. The van der Waals surface area contributed by atoms with Gasteiger partial charge in [0, 0.05) is 28.5 Å². The first-order valence-electron chi connectivity index (χ1n) is 11.6. The normalized spacial score (nSPS) is 19.5. The van der Waals surface area contributed by atoms with Crippen LogP contribution < -0.4 is 5.32 Å². The monoisotopic (exact) mass is 434 g/mol. The van der Waals surface area contributed by atoms with Crippen molar-refractivity contribution in [1.82, 2.24) is 14.8 Å². The number of benzene rings is 1. The molecule has 0 spiro atoms. The molecule has 6 heteroatoms. The maximum absolute atomic E-state index is 12.8. The second-order valence-corrected chi connectivity index (χ2v) is 10.1. The summed E-state index contributed by atoms with van der Waals surface area (Å²) in [6, 6.07) is 9.57. The van der Waals surface area contributed by atoms with Crippen LogP contribution in [-0.4, -0.2) is 25.8 Å². The van der Waals surface area contributed by atoms with E-state index in [1.165, 1.54) is 12.8 Å². The fourth-order valence-corrected chi connectivity index (χ4v) is 4.78. The number of hydrogen-bond acceptors (Lipinski definition) is 4. The Bertz CT molecular complexity index is 1120. The van der Waals surface area contributed by atoms with Crippen LogP contribution in [0.5, 0.6) is 0 Å². The lowest BCUT2D eigenvalue weighted by atomic mass is 9.80. The zero-order chi connectivity index (χ0) is 23.0. The van der Waals surface area contributed by atoms with E-state index in [4.69, 9.17) is 5.10 Å². The fraction of sp³-hybridized carbons (Fsp3) is 0.500. The Morgan fingerprint density at radius 2 is 1.91 bits per heavy atom. The molecule has 1 fully saturated rings. The van der Waals surface area contributed by atoms with Gasteiger partial charge in [0.05, 0.1) is 17.2 Å². The number of hydrogen-bond donors (Lipinski definition) is 2. The van der Waals surface area contributed by atoms with Crippen molar-refractivity contribution >= 4 is 22.5 Å². The van der Waals surface area contributed by atoms with Crippen LogP contribution in [0.2, 0.25) is 0 Å². The van der Waals surface area contributed by atoms with Crippen molar-refractivity contribution in [2.75, 3.05) is 5.32 Å². The molecule has 1 saturated carbocycles. The average Bonchev–Trinajstić information content (AvgIpc) is 3.15. The molecule has 0 atom stereocenters. The molecule has 1 aliphatic carbocycles. The first kappa shape index (κ1) is 22.5. The predicted octanol–water partition coefficient (Wildman–Crippen LogP) is 5.61. The van der Waals surface area contributed by atoms with Gasteiger partial charge in [-0.3, -0.25) is 9.48 Å². The highest BCUT2D eigenvalue weighted by Gasteiger charge is 2.27. The summed E-state index contributed by atoms with van der Waals surface area (Å²) in [6.07, 6.45) is 6.82. The molecule has 6 nitrogen and oxygen atoms in total. The number of anilines is 1. The highest BCUT2D eigenvalue weighted by molar-refractivity contribution is 6.04. The van der Waals surface area contributed by atoms with Crippen LogP contribution in [0, 0.1) is 18.8 Å². The van der Waals surface area contributed by atoms with Gasteiger partial charge in [0.25, 0.3) is 5.91 Å². The number of aliphatic hydroxyl groups is 1. The van der Waals surface area contributed by atoms with Gasteiger partial charge in [0.2, 0.25) is 0 Å². The Balaban J connectivity index is 1.64. The zero-order valence-corrected chi connectivity index (χ0v) is 19.7. The van der Waals surface area contributed by atoms with Gasteiger partial charge >= 0.3 is 0 Å². The predicted molar refractivity (Wildman–Crippen MR) is 128 cm³/mol. The third kappa shape index (κ3) is 4.70. The van der Waals surface area contributed by atoms with Gasteiger partial charge in [-0.15, -0.1) is 0 Å². The number of nitrogens with zero attached hydrogens (tertiary/aromatic N) is 3. The molecule has 0 aliphatic heterocycles. The van der Waals surface area contributed by atoms with Crippen LogP contribution in [0.3, 0.4) is 0 Å². The third-order valence-electron chi connectivity index (χ3n) is 6.75. The molecule has 0 saturated heterocycles. The number of aryl methyl sites for hydroxylation is 1. The van der Waals surface area contributed by atoms with Gasteiger partial charge in [-0.1, -0.05) is 19.9 Å². The summed E-state index contributed by atoms with van der Waals surface area (Å²) in [6.45, 7) is 9.92. The fourth-order valence-electron chi connectivity index (χ4n) is 4.78. The van der Waals surface area contributed by atoms with Crippen LogP contribution in [0.15, 0.2) is 36.5 Å². The van der Waals surface area contributed by atoms with E-state index in [-0.39, 0.29) is 5.91 Å². The number of amides is 1. The van der Waals surface area contributed by atoms with Crippen molar-refractivity contribution in [1.29, 1.82) is 0 Å². The molecule has 3 aromatic rings. The van der Waals surface area contributed by atoms with Crippen molar-refractivity contribution < 1.29 is 9.90 Å². The minimum atomic E-state index is -1.13. The number of carbonyl (C=O) groups is 1. The lowest BCUT2D eigenvalue weighted by Crippen LogP contribution is -2.21. The summed E-state index contributed by atoms with van der Waals surface area (Å²) in [5.74, 6) is 1.24. The highest BCUT2D eigenvalue weighted by atomic mass is 16.3. The zero-order valence-electron chi connectivity index (χ0n) is 19.7. The number of carbonyl (C=O) groups excluding carboxylic acids is 1. The summed E-state index contributed by atoms with van der Waals surface area (Å²) in [4.78, 5) is 17.2. The van der Waals surface area contributed by atoms with E-state index >= 15 is 0 Å². The van der Waals surface area contributed by atoms with Crippen LogP contribution in [0.25, 0.3) is 10.9 Å². The molecule has 4 rings (SSSR count). The number of aromatic nitrogens is 3. The second-order valence-electron chi connectivity index (χ2n) is 10.1. The SMILES string of the molecule is Cc1cccc(C(=O)Nc2cc3cn([C@H]4CC[C@H](C(C)C)CC4)nc3cc2C(C)(C)O)n1. The lowest BCUT2D eigenvalue weighted by Gasteiger charge is -2.30. The van der Waals surface area contributed by atoms with Crippen molar-refractivity contribution in [2.45, 2.75) is 71.9 Å². The largest absolute Gasteiger partial charge is 0.386 e. The van der Waals surface area contributed by atoms with Gasteiger partial charge in [-0.25, -0.2) is 4.98 Å². The van der Waals surface area contributed by atoms with Crippen molar-refractivity contribution in [3.05, 3.63) is 53.5 Å². The molecule has 1 aromatic carbocycles. The van der Waals surface area contributed by atoms with E-state index in [9.17, 15) is 9.90 Å². The van der Waals surface area contributed by atoms with E-state index in [1.807, 2.05) is 31.2 Å². The van der Waals surface area contributed by atoms with E-state index in [1.54, 1.807) is 19.9 Å². The van der Waals surface area contributed by atoms with E-state index in [2.05, 4.69) is 35.0 Å². The minimum absolute atomic E-state index is 0.294. The molecular weight excluding hydrogens is 400 g/mol. The lowest BCUT2D eigenvalue weighted by molar-refractivity contribution is 0.0793. The number of nitrogens with one attached hydrogen (secondary N) is 1. The van der Waals surface area contributed by atoms with Crippen LogP contribution in [0.4, 0.5) is 5.69 Å². The summed E-state index contributed by atoms with van der Waals surface area (Å²) in [7, 11) is 0. The van der Waals surface area contributed by atoms with Crippen molar-refractivity contribution in [2.24, 2.45) is 11.8 Å². The molecule has 1 amide bonds. The molecule has 2 aromatic heterocycles. The molecule has 1 aliphatic rings. The van der Waals surface area contributed by atoms with Gasteiger partial charge in [-0.2, -0.15) is 5.10 Å². The molecule has 2 heterocycles. The Kier molecular flexibility index (Phi) is 6.08. The summed E-state index contributed by atoms with van der Waals surface area (Å²) in [5.41, 5.74) is 2.06. The quantitative estimate of drug-likeness (QED) is 0.547. The molecule has 0 radical (unpaired) electrons. The highest BCUT2D eigenvalue weighted by Crippen LogP contribution is 2.37. The van der Waals surface area contributed by atoms with Gasteiger partial charge < -0.3 is 10.4 Å². The Morgan fingerprint density at radius 3 is 2.53 bits per heavy atom. The van der Waals surface area contributed by atoms with E-state index < -0.39 is 5.60 Å². The van der Waals surface area contributed by atoms with Crippen LogP contribution in [0.1, 0.15) is 81.2 Å². The number of rotatable bonds is 5. The molecule has 0 unspecified atom stereocenters. The molecular formula is C26H34N4O2. The standard InChI is InChI=1S/C26H34N4O2/c1-16(2)18-9-11-20(12-10-18)30-15-19-13-24(21(26(4,5)32)14-23(19)29-30)28-25(31)22-8-6-7-17(3)27-22/h6-8,13-16,18,20,32H,9-12H2,1-5H3,(H,28,31)/t18-,20-. The average molecular weight is 435 g/mol. The third-order valence-corrected chi connectivity index (χ3v) is 6.75. The topological polar surface area (TPSA) is 80.0 Å². The van der Waals surface area contributed by atoms with Crippen molar-refractivity contribution in [3.63, 3.8) is 0 Å². The first-order chi connectivity index (χ1) is 15.1. The van der Waals surface area contributed by atoms with Crippen molar-refractivity contribution in [3.8, 4) is 0 Å². The van der Waals surface area contributed by atoms with E-state index in [0.29, 0.717) is 23.0 Å². The molecule has 2 N–H and O–H groups in total. The Hall–Kier alpha value is -2.73. The first-order valence-corrected chi connectivity index (χ1v) is 11.6. The van der Waals surface area contributed by atoms with Gasteiger partial charge in [0.15, 0.2) is 0 Å². The van der Waals surface area contributed by atoms with Crippen LogP contribution >= 0.6 is 0 Å². The molecule has 32 heavy (non-hydrogen) atoms. The van der Waals surface area contributed by atoms with Gasteiger partial charge in [-0.05, 0) is 82.6 Å². The molecule has 170 valence electrons. The number of pyridine rings is 1. The summed E-state index contributed by atoms with van der Waals surface area (Å²) >= 11 is 0. The minimum Gasteiger partial charge on any atom is -0.386 e. The number of fused-ring (bicyclic) bond motifs is 1. The second kappa shape index (κ2) is 8.66. The smallest absolute Gasteiger partial charge is 0.274 e. The maximum Gasteiger partial charge on any atom is 0.274 e. The van der Waals surface area contributed by atoms with Crippen LogP contribution in [-0.2, 0) is 5.60 Å². The maximum atomic E-state index is 12.8. The Labute approximate surface area is 190 Å². The Morgan fingerprint density at radius 1 is 1.19 bits per heavy atom.